The largest absolute Gasteiger partial charge is 0.396 e. The molecule has 18 heavy (non-hydrogen) atoms. The average Bonchev–Trinajstić information content (AvgIpc) is 2.87. The minimum atomic E-state index is -0.185. The van der Waals surface area contributed by atoms with E-state index in [1.165, 1.54) is 6.07 Å². The van der Waals surface area contributed by atoms with Gasteiger partial charge < -0.3 is 5.11 Å². The second kappa shape index (κ2) is 6.13. The van der Waals surface area contributed by atoms with Crippen molar-refractivity contribution >= 4 is 15.9 Å². The van der Waals surface area contributed by atoms with Crippen molar-refractivity contribution in [3.8, 4) is 0 Å². The van der Waals surface area contributed by atoms with Gasteiger partial charge in [-0.05, 0) is 50.0 Å². The SMILES string of the molecule is CC(CO)C(c1cc(Br)ccc1F)N1CCCC1. The Morgan fingerprint density at radius 1 is 1.39 bits per heavy atom. The standard InChI is InChI=1S/C14H19BrFNO/c1-10(9-18)14(17-6-2-3-7-17)12-8-11(15)4-5-13(12)16/h4-5,8,10,14,18H,2-3,6-7,9H2,1H3. The maximum Gasteiger partial charge on any atom is 0.128 e. The van der Waals surface area contributed by atoms with Crippen LogP contribution in [0.4, 0.5) is 4.39 Å². The fourth-order valence-corrected chi connectivity index (χ4v) is 3.10. The van der Waals surface area contributed by atoms with E-state index in [1.807, 2.05) is 13.0 Å². The van der Waals surface area contributed by atoms with Crippen molar-refractivity contribution in [2.45, 2.75) is 25.8 Å². The average molecular weight is 316 g/mol. The summed E-state index contributed by atoms with van der Waals surface area (Å²) in [5, 5.41) is 9.43. The molecule has 0 saturated carbocycles. The molecule has 1 aliphatic rings. The minimum absolute atomic E-state index is 0.0324. The highest BCUT2D eigenvalue weighted by atomic mass is 79.9. The number of halogens is 2. The molecule has 1 N–H and O–H groups in total. The zero-order valence-electron chi connectivity index (χ0n) is 10.6. The zero-order valence-corrected chi connectivity index (χ0v) is 12.2. The molecule has 1 saturated heterocycles. The van der Waals surface area contributed by atoms with Gasteiger partial charge in [-0.15, -0.1) is 0 Å². The van der Waals surface area contributed by atoms with Crippen molar-refractivity contribution in [3.05, 3.63) is 34.1 Å². The van der Waals surface area contributed by atoms with Crippen LogP contribution in [0.3, 0.4) is 0 Å². The highest BCUT2D eigenvalue weighted by molar-refractivity contribution is 9.10. The van der Waals surface area contributed by atoms with Crippen LogP contribution in [0.5, 0.6) is 0 Å². The van der Waals surface area contributed by atoms with Crippen molar-refractivity contribution in [2.24, 2.45) is 5.92 Å². The summed E-state index contributed by atoms with van der Waals surface area (Å²) in [6, 6.07) is 5.01. The third-order valence-corrected chi connectivity index (χ3v) is 4.13. The molecule has 100 valence electrons. The molecule has 0 aliphatic carbocycles. The lowest BCUT2D eigenvalue weighted by molar-refractivity contribution is 0.123. The highest BCUT2D eigenvalue weighted by Gasteiger charge is 2.30. The summed E-state index contributed by atoms with van der Waals surface area (Å²) in [5.74, 6) is -0.151. The zero-order chi connectivity index (χ0) is 13.1. The predicted octanol–water partition coefficient (Wildman–Crippen LogP) is 3.35. The Bertz CT molecular complexity index is 407. The number of aliphatic hydroxyl groups is 1. The van der Waals surface area contributed by atoms with Crippen LogP contribution in [0.2, 0.25) is 0 Å². The number of nitrogens with zero attached hydrogens (tertiary/aromatic N) is 1. The molecule has 0 aromatic heterocycles. The normalized spacial score (nSPS) is 20.0. The van der Waals surface area contributed by atoms with Crippen LogP contribution in [0.25, 0.3) is 0 Å². The highest BCUT2D eigenvalue weighted by Crippen LogP contribution is 2.34. The van der Waals surface area contributed by atoms with Crippen LogP contribution < -0.4 is 0 Å². The predicted molar refractivity (Wildman–Crippen MR) is 73.9 cm³/mol. The van der Waals surface area contributed by atoms with E-state index < -0.39 is 0 Å². The van der Waals surface area contributed by atoms with Gasteiger partial charge in [-0.3, -0.25) is 4.90 Å². The summed E-state index contributed by atoms with van der Waals surface area (Å²) in [5.41, 5.74) is 0.688. The van der Waals surface area contributed by atoms with Crippen LogP contribution in [0.15, 0.2) is 22.7 Å². The van der Waals surface area contributed by atoms with Gasteiger partial charge in [-0.2, -0.15) is 0 Å². The summed E-state index contributed by atoms with van der Waals surface area (Å²) in [7, 11) is 0. The molecule has 2 unspecified atom stereocenters. The summed E-state index contributed by atoms with van der Waals surface area (Å²) < 4.78 is 14.9. The van der Waals surface area contributed by atoms with E-state index in [4.69, 9.17) is 0 Å². The van der Waals surface area contributed by atoms with E-state index in [1.54, 1.807) is 6.07 Å². The molecule has 1 aromatic rings. The molecule has 0 amide bonds. The second-order valence-corrected chi connectivity index (χ2v) is 5.93. The van der Waals surface area contributed by atoms with Gasteiger partial charge >= 0.3 is 0 Å². The first kappa shape index (κ1) is 14.0. The molecule has 2 nitrogen and oxygen atoms in total. The number of likely N-dealkylation sites (tertiary alicyclic amines) is 1. The molecule has 1 heterocycles. The van der Waals surface area contributed by atoms with Gasteiger partial charge in [0, 0.05) is 22.7 Å². The molecule has 4 heteroatoms. The van der Waals surface area contributed by atoms with Crippen molar-refractivity contribution in [1.82, 2.24) is 4.90 Å². The molecule has 2 atom stereocenters. The number of hydrogen-bond donors (Lipinski definition) is 1. The molecule has 1 aromatic carbocycles. The first-order chi connectivity index (χ1) is 8.63. The van der Waals surface area contributed by atoms with Crippen molar-refractivity contribution < 1.29 is 9.50 Å². The molecule has 0 radical (unpaired) electrons. The Morgan fingerprint density at radius 3 is 2.67 bits per heavy atom. The maximum atomic E-state index is 14.0. The smallest absolute Gasteiger partial charge is 0.128 e. The van der Waals surface area contributed by atoms with Gasteiger partial charge in [0.1, 0.15) is 5.82 Å². The van der Waals surface area contributed by atoms with E-state index in [0.717, 1.165) is 30.4 Å². The Kier molecular flexibility index (Phi) is 4.76. The number of rotatable bonds is 4. The van der Waals surface area contributed by atoms with Gasteiger partial charge in [0.15, 0.2) is 0 Å². The van der Waals surface area contributed by atoms with E-state index in [0.29, 0.717) is 5.56 Å². The lowest BCUT2D eigenvalue weighted by atomic mass is 9.93. The van der Waals surface area contributed by atoms with Crippen LogP contribution in [0, 0.1) is 11.7 Å². The van der Waals surface area contributed by atoms with Gasteiger partial charge in [0.2, 0.25) is 0 Å². The van der Waals surface area contributed by atoms with Gasteiger partial charge in [0.05, 0.1) is 0 Å². The van der Waals surface area contributed by atoms with Crippen molar-refractivity contribution in [1.29, 1.82) is 0 Å². The number of hydrogen-bond acceptors (Lipinski definition) is 2. The fourth-order valence-electron chi connectivity index (χ4n) is 2.72. The molecular formula is C14H19BrFNO. The van der Waals surface area contributed by atoms with Crippen LogP contribution in [-0.4, -0.2) is 29.7 Å². The Hall–Kier alpha value is -0.450. The van der Waals surface area contributed by atoms with Crippen LogP contribution >= 0.6 is 15.9 Å². The first-order valence-corrected chi connectivity index (χ1v) is 7.22. The third-order valence-electron chi connectivity index (χ3n) is 3.64. The lowest BCUT2D eigenvalue weighted by Crippen LogP contribution is -2.32. The minimum Gasteiger partial charge on any atom is -0.396 e. The Morgan fingerprint density at radius 2 is 2.06 bits per heavy atom. The lowest BCUT2D eigenvalue weighted by Gasteiger charge is -2.32. The molecule has 0 bridgehead atoms. The molecule has 0 spiro atoms. The topological polar surface area (TPSA) is 23.5 Å². The Labute approximate surface area is 116 Å². The monoisotopic (exact) mass is 315 g/mol. The van der Waals surface area contributed by atoms with E-state index in [2.05, 4.69) is 20.8 Å². The first-order valence-electron chi connectivity index (χ1n) is 6.43. The van der Waals surface area contributed by atoms with Gasteiger partial charge in [-0.25, -0.2) is 4.39 Å². The quantitative estimate of drug-likeness (QED) is 0.921. The summed E-state index contributed by atoms with van der Waals surface area (Å²) in [6.07, 6.45) is 2.31. The number of aliphatic hydroxyl groups excluding tert-OH is 1. The van der Waals surface area contributed by atoms with Crippen molar-refractivity contribution in [2.75, 3.05) is 19.7 Å². The molecule has 2 rings (SSSR count). The molecule has 1 fully saturated rings. The van der Waals surface area contributed by atoms with Crippen LogP contribution in [0.1, 0.15) is 31.4 Å². The second-order valence-electron chi connectivity index (χ2n) is 5.01. The van der Waals surface area contributed by atoms with Crippen LogP contribution in [-0.2, 0) is 0 Å². The Balaban J connectivity index is 2.35. The van der Waals surface area contributed by atoms with E-state index >= 15 is 0 Å². The molecular weight excluding hydrogens is 297 g/mol. The third kappa shape index (κ3) is 2.92. The summed E-state index contributed by atoms with van der Waals surface area (Å²) in [6.45, 7) is 4.03. The summed E-state index contributed by atoms with van der Waals surface area (Å²) in [4.78, 5) is 2.28. The van der Waals surface area contributed by atoms with E-state index in [-0.39, 0.29) is 24.4 Å². The fraction of sp³-hybridized carbons (Fsp3) is 0.571. The van der Waals surface area contributed by atoms with Gasteiger partial charge in [-0.1, -0.05) is 22.9 Å². The van der Waals surface area contributed by atoms with E-state index in [9.17, 15) is 9.50 Å². The molecule has 1 aliphatic heterocycles. The van der Waals surface area contributed by atoms with Gasteiger partial charge in [0.25, 0.3) is 0 Å². The van der Waals surface area contributed by atoms with Crippen molar-refractivity contribution in [3.63, 3.8) is 0 Å². The number of benzene rings is 1. The summed E-state index contributed by atoms with van der Waals surface area (Å²) >= 11 is 3.40. The maximum absolute atomic E-state index is 14.0.